The van der Waals surface area contributed by atoms with E-state index < -0.39 is 9.84 Å². The molecule has 102 valence electrons. The average molecular weight is 270 g/mol. The van der Waals surface area contributed by atoms with Gasteiger partial charge in [-0.15, -0.1) is 0 Å². The lowest BCUT2D eigenvalue weighted by atomic mass is 9.80. The van der Waals surface area contributed by atoms with Crippen molar-refractivity contribution in [1.82, 2.24) is 0 Å². The summed E-state index contributed by atoms with van der Waals surface area (Å²) in [6.07, 6.45) is 7.97. The van der Waals surface area contributed by atoms with Gasteiger partial charge in [0.2, 0.25) is 0 Å². The van der Waals surface area contributed by atoms with Crippen molar-refractivity contribution in [3.8, 4) is 0 Å². The van der Waals surface area contributed by atoms with Crippen molar-refractivity contribution in [2.75, 3.05) is 6.26 Å². The van der Waals surface area contributed by atoms with E-state index in [1.165, 1.54) is 12.7 Å². The van der Waals surface area contributed by atoms with Crippen molar-refractivity contribution >= 4 is 15.6 Å². The van der Waals surface area contributed by atoms with Crippen LogP contribution in [0.15, 0.2) is 0 Å². The fourth-order valence-corrected chi connectivity index (χ4v) is 5.25. The summed E-state index contributed by atoms with van der Waals surface area (Å²) in [5.74, 6) is 2.33. The average Bonchev–Trinajstić information content (AvgIpc) is 2.94. The third kappa shape index (κ3) is 2.36. The van der Waals surface area contributed by atoms with Gasteiger partial charge in [0.15, 0.2) is 0 Å². The molecule has 4 atom stereocenters. The predicted molar refractivity (Wildman–Crippen MR) is 69.9 cm³/mol. The summed E-state index contributed by atoms with van der Waals surface area (Å²) in [4.78, 5) is 12.4. The van der Waals surface area contributed by atoms with Crippen molar-refractivity contribution in [1.29, 1.82) is 0 Å². The smallest absolute Gasteiger partial charge is 0.150 e. The minimum absolute atomic E-state index is 0.0287. The first-order chi connectivity index (χ1) is 8.45. The SMILES string of the molecule is CS(=O)(=O)C1CCCC(C(=O)C2CC3CC3C2)C1. The molecule has 0 aromatic rings. The van der Waals surface area contributed by atoms with E-state index in [9.17, 15) is 13.2 Å². The predicted octanol–water partition coefficient (Wildman–Crippen LogP) is 2.21. The molecule has 3 fully saturated rings. The number of fused-ring (bicyclic) bond motifs is 1. The second-order valence-electron chi connectivity index (χ2n) is 6.64. The molecule has 0 heterocycles. The number of hydrogen-bond donors (Lipinski definition) is 0. The molecule has 0 radical (unpaired) electrons. The number of Topliss-reactive ketones (excluding diaryl/α,β-unsaturated/α-hetero) is 1. The summed E-state index contributed by atoms with van der Waals surface area (Å²) in [7, 11) is -2.97. The van der Waals surface area contributed by atoms with Gasteiger partial charge in [-0.05, 0) is 50.4 Å². The molecule has 3 nitrogen and oxygen atoms in total. The fourth-order valence-electron chi connectivity index (χ4n) is 4.07. The minimum Gasteiger partial charge on any atom is -0.299 e. The van der Waals surface area contributed by atoms with Crippen LogP contribution in [-0.2, 0) is 14.6 Å². The van der Waals surface area contributed by atoms with Crippen LogP contribution in [0.1, 0.15) is 44.9 Å². The summed E-state index contributed by atoms with van der Waals surface area (Å²) in [5.41, 5.74) is 0. The monoisotopic (exact) mass is 270 g/mol. The Balaban J connectivity index is 1.63. The Kier molecular flexibility index (Phi) is 3.04. The van der Waals surface area contributed by atoms with Crippen LogP contribution in [0.5, 0.6) is 0 Å². The van der Waals surface area contributed by atoms with Gasteiger partial charge in [-0.25, -0.2) is 8.42 Å². The van der Waals surface area contributed by atoms with Gasteiger partial charge in [0.25, 0.3) is 0 Å². The van der Waals surface area contributed by atoms with Gasteiger partial charge >= 0.3 is 0 Å². The van der Waals surface area contributed by atoms with Crippen LogP contribution in [0.2, 0.25) is 0 Å². The molecule has 0 amide bonds. The molecule has 0 saturated heterocycles. The number of hydrogen-bond acceptors (Lipinski definition) is 3. The quantitative estimate of drug-likeness (QED) is 0.790. The molecular weight excluding hydrogens is 248 g/mol. The van der Waals surface area contributed by atoms with Crippen LogP contribution in [-0.4, -0.2) is 25.7 Å². The lowest BCUT2D eigenvalue weighted by molar-refractivity contribution is -0.127. The second-order valence-corrected chi connectivity index (χ2v) is 8.97. The highest BCUT2D eigenvalue weighted by molar-refractivity contribution is 7.91. The third-order valence-electron chi connectivity index (χ3n) is 5.28. The second kappa shape index (κ2) is 4.32. The van der Waals surface area contributed by atoms with Crippen molar-refractivity contribution < 1.29 is 13.2 Å². The van der Waals surface area contributed by atoms with E-state index in [0.29, 0.717) is 12.2 Å². The molecule has 3 saturated carbocycles. The molecule has 0 spiro atoms. The molecule has 4 heteroatoms. The lowest BCUT2D eigenvalue weighted by Gasteiger charge is -2.29. The zero-order chi connectivity index (χ0) is 12.9. The molecule has 0 aliphatic heterocycles. The van der Waals surface area contributed by atoms with Crippen molar-refractivity contribution in [3.05, 3.63) is 0 Å². The number of ketones is 1. The fraction of sp³-hybridized carbons (Fsp3) is 0.929. The zero-order valence-electron chi connectivity index (χ0n) is 11.0. The van der Waals surface area contributed by atoms with Gasteiger partial charge in [-0.3, -0.25) is 4.79 Å². The first kappa shape index (κ1) is 12.6. The molecule has 3 aliphatic rings. The molecule has 18 heavy (non-hydrogen) atoms. The number of rotatable bonds is 3. The van der Waals surface area contributed by atoms with Gasteiger partial charge in [0, 0.05) is 18.1 Å². The van der Waals surface area contributed by atoms with Crippen LogP contribution >= 0.6 is 0 Å². The summed E-state index contributed by atoms with van der Waals surface area (Å²) >= 11 is 0. The zero-order valence-corrected chi connectivity index (χ0v) is 11.8. The van der Waals surface area contributed by atoms with Gasteiger partial charge in [0.05, 0.1) is 5.25 Å². The largest absolute Gasteiger partial charge is 0.299 e. The Labute approximate surface area is 109 Å². The molecule has 3 aliphatic carbocycles. The maximum Gasteiger partial charge on any atom is 0.150 e. The van der Waals surface area contributed by atoms with Crippen LogP contribution in [0.4, 0.5) is 0 Å². The van der Waals surface area contributed by atoms with E-state index in [0.717, 1.165) is 43.9 Å². The van der Waals surface area contributed by atoms with Crippen molar-refractivity contribution in [3.63, 3.8) is 0 Å². The summed E-state index contributed by atoms with van der Waals surface area (Å²) in [6, 6.07) is 0. The summed E-state index contributed by atoms with van der Waals surface area (Å²) in [6.45, 7) is 0. The lowest BCUT2D eigenvalue weighted by Crippen LogP contribution is -2.33. The topological polar surface area (TPSA) is 51.2 Å². The molecule has 3 rings (SSSR count). The molecule has 0 aromatic heterocycles. The van der Waals surface area contributed by atoms with E-state index in [1.54, 1.807) is 0 Å². The maximum atomic E-state index is 12.4. The van der Waals surface area contributed by atoms with Gasteiger partial charge in [0.1, 0.15) is 15.6 Å². The first-order valence-electron chi connectivity index (χ1n) is 7.17. The third-order valence-corrected chi connectivity index (χ3v) is 6.92. The summed E-state index contributed by atoms with van der Waals surface area (Å²) < 4.78 is 23.2. The normalized spacial score (nSPS) is 43.5. The molecule has 0 bridgehead atoms. The Morgan fingerprint density at radius 2 is 1.61 bits per heavy atom. The Bertz CT molecular complexity index is 444. The van der Waals surface area contributed by atoms with Gasteiger partial charge < -0.3 is 0 Å². The first-order valence-corrected chi connectivity index (χ1v) is 9.13. The number of sulfone groups is 1. The highest BCUT2D eigenvalue weighted by atomic mass is 32.2. The Hall–Kier alpha value is -0.380. The molecule has 4 unspecified atom stereocenters. The summed E-state index contributed by atoms with van der Waals surface area (Å²) in [5, 5.41) is -0.267. The van der Waals surface area contributed by atoms with Crippen LogP contribution in [0, 0.1) is 23.7 Å². The maximum absolute atomic E-state index is 12.4. The van der Waals surface area contributed by atoms with Crippen LogP contribution < -0.4 is 0 Å². The van der Waals surface area contributed by atoms with E-state index in [2.05, 4.69) is 0 Å². The van der Waals surface area contributed by atoms with Gasteiger partial charge in [-0.2, -0.15) is 0 Å². The molecule has 0 aromatic carbocycles. The van der Waals surface area contributed by atoms with Crippen LogP contribution in [0.3, 0.4) is 0 Å². The number of carbonyl (C=O) groups excluding carboxylic acids is 1. The number of carbonyl (C=O) groups is 1. The van der Waals surface area contributed by atoms with Crippen molar-refractivity contribution in [2.24, 2.45) is 23.7 Å². The van der Waals surface area contributed by atoms with E-state index >= 15 is 0 Å². The van der Waals surface area contributed by atoms with Crippen LogP contribution in [0.25, 0.3) is 0 Å². The van der Waals surface area contributed by atoms with Crippen molar-refractivity contribution in [2.45, 2.75) is 50.2 Å². The van der Waals surface area contributed by atoms with E-state index in [-0.39, 0.29) is 17.1 Å². The van der Waals surface area contributed by atoms with E-state index in [1.807, 2.05) is 0 Å². The minimum atomic E-state index is -2.97. The van der Waals surface area contributed by atoms with E-state index in [4.69, 9.17) is 0 Å². The highest BCUT2D eigenvalue weighted by Crippen LogP contribution is 2.55. The van der Waals surface area contributed by atoms with Gasteiger partial charge in [-0.1, -0.05) is 6.42 Å². The Morgan fingerprint density at radius 3 is 2.22 bits per heavy atom. The highest BCUT2D eigenvalue weighted by Gasteiger charge is 2.49. The Morgan fingerprint density at radius 1 is 0.944 bits per heavy atom. The molecule has 0 N–H and O–H groups in total. The standard InChI is InChI=1S/C14H22O3S/c1-18(16,17)13-4-2-3-9(8-13)14(15)12-6-10-5-11(10)7-12/h9-13H,2-8H2,1H3. The molecular formula is C14H22O3S.